The van der Waals surface area contributed by atoms with E-state index in [0.29, 0.717) is 13.0 Å². The van der Waals surface area contributed by atoms with Crippen LogP contribution >= 0.6 is 0 Å². The smallest absolute Gasteiger partial charge is 0.163 e. The summed E-state index contributed by atoms with van der Waals surface area (Å²) in [6.07, 6.45) is 2.44. The highest BCUT2D eigenvalue weighted by Crippen LogP contribution is 2.30. The van der Waals surface area contributed by atoms with Gasteiger partial charge in [0.2, 0.25) is 0 Å². The SMILES string of the molecule is Cc1ccc(C)c(OCCCC(C)(C)CC(=O)c2ccc3ccccc3c2)c1. The molecule has 0 aliphatic heterocycles. The molecule has 2 nitrogen and oxygen atoms in total. The molecule has 0 bridgehead atoms. The highest BCUT2D eigenvalue weighted by Gasteiger charge is 2.22. The molecule has 0 radical (unpaired) electrons. The maximum Gasteiger partial charge on any atom is 0.163 e. The highest BCUT2D eigenvalue weighted by atomic mass is 16.5. The zero-order valence-corrected chi connectivity index (χ0v) is 17.4. The van der Waals surface area contributed by atoms with Gasteiger partial charge in [0, 0.05) is 12.0 Å². The molecular formula is C26H30O2. The Labute approximate surface area is 168 Å². The largest absolute Gasteiger partial charge is 0.493 e. The predicted octanol–water partition coefficient (Wildman–Crippen LogP) is 6.91. The average molecular weight is 375 g/mol. The minimum absolute atomic E-state index is 0.0479. The fourth-order valence-corrected chi connectivity index (χ4v) is 3.58. The lowest BCUT2D eigenvalue weighted by Crippen LogP contribution is -2.18. The van der Waals surface area contributed by atoms with Crippen molar-refractivity contribution < 1.29 is 9.53 Å². The van der Waals surface area contributed by atoms with Gasteiger partial charge in [-0.3, -0.25) is 4.79 Å². The third-order valence-electron chi connectivity index (χ3n) is 5.31. The van der Waals surface area contributed by atoms with Crippen LogP contribution in [0.5, 0.6) is 5.75 Å². The van der Waals surface area contributed by atoms with Gasteiger partial charge < -0.3 is 4.74 Å². The fraction of sp³-hybridized carbons (Fsp3) is 0.346. The Morgan fingerprint density at radius 1 is 0.929 bits per heavy atom. The summed E-state index contributed by atoms with van der Waals surface area (Å²) in [5.74, 6) is 1.18. The molecule has 0 saturated carbocycles. The molecule has 0 amide bonds. The van der Waals surface area contributed by atoms with Crippen LogP contribution < -0.4 is 4.74 Å². The monoisotopic (exact) mass is 374 g/mol. The third kappa shape index (κ3) is 5.22. The Morgan fingerprint density at radius 2 is 1.68 bits per heavy atom. The molecule has 0 aliphatic carbocycles. The predicted molar refractivity (Wildman–Crippen MR) is 117 cm³/mol. The van der Waals surface area contributed by atoms with Gasteiger partial charge in [-0.15, -0.1) is 0 Å². The first kappa shape index (κ1) is 20.1. The van der Waals surface area contributed by atoms with Crippen LogP contribution in [0.25, 0.3) is 10.8 Å². The topological polar surface area (TPSA) is 26.3 Å². The van der Waals surface area contributed by atoms with Crippen molar-refractivity contribution in [1.82, 2.24) is 0 Å². The van der Waals surface area contributed by atoms with Crippen molar-refractivity contribution >= 4 is 16.6 Å². The van der Waals surface area contributed by atoms with Crippen LogP contribution in [0.2, 0.25) is 0 Å². The van der Waals surface area contributed by atoms with Crippen LogP contribution in [-0.4, -0.2) is 12.4 Å². The molecular weight excluding hydrogens is 344 g/mol. The summed E-state index contributed by atoms with van der Waals surface area (Å²) in [5.41, 5.74) is 3.13. The van der Waals surface area contributed by atoms with Crippen LogP contribution in [0.3, 0.4) is 0 Å². The van der Waals surface area contributed by atoms with Crippen LogP contribution in [-0.2, 0) is 0 Å². The molecule has 3 aromatic carbocycles. The number of aryl methyl sites for hydroxylation is 2. The number of ketones is 1. The maximum atomic E-state index is 12.8. The van der Waals surface area contributed by atoms with E-state index in [9.17, 15) is 4.79 Å². The summed E-state index contributed by atoms with van der Waals surface area (Å²) in [7, 11) is 0. The lowest BCUT2D eigenvalue weighted by atomic mass is 9.81. The first-order valence-electron chi connectivity index (χ1n) is 10.1. The van der Waals surface area contributed by atoms with Crippen molar-refractivity contribution in [2.45, 2.75) is 47.0 Å². The zero-order chi connectivity index (χ0) is 20.1. The molecule has 0 saturated heterocycles. The number of benzene rings is 3. The number of hydrogen-bond donors (Lipinski definition) is 0. The summed E-state index contributed by atoms with van der Waals surface area (Å²) in [5, 5.41) is 2.29. The van der Waals surface area contributed by atoms with E-state index >= 15 is 0 Å². The number of fused-ring (bicyclic) bond motifs is 1. The van der Waals surface area contributed by atoms with Crippen molar-refractivity contribution in [3.63, 3.8) is 0 Å². The second-order valence-corrected chi connectivity index (χ2v) is 8.55. The summed E-state index contributed by atoms with van der Waals surface area (Å²) in [6, 6.07) is 20.4. The normalized spacial score (nSPS) is 11.6. The van der Waals surface area contributed by atoms with Crippen molar-refractivity contribution in [1.29, 1.82) is 0 Å². The second-order valence-electron chi connectivity index (χ2n) is 8.55. The summed E-state index contributed by atoms with van der Waals surface area (Å²) in [4.78, 5) is 12.8. The molecule has 146 valence electrons. The molecule has 0 heterocycles. The van der Waals surface area contributed by atoms with Crippen LogP contribution in [0.15, 0.2) is 60.7 Å². The van der Waals surface area contributed by atoms with Gasteiger partial charge in [0.05, 0.1) is 6.61 Å². The van der Waals surface area contributed by atoms with Gasteiger partial charge in [0.15, 0.2) is 5.78 Å². The molecule has 2 heteroatoms. The van der Waals surface area contributed by atoms with Gasteiger partial charge in [-0.25, -0.2) is 0 Å². The fourth-order valence-electron chi connectivity index (χ4n) is 3.58. The molecule has 0 N–H and O–H groups in total. The second kappa shape index (κ2) is 8.60. The Bertz CT molecular complexity index is 969. The van der Waals surface area contributed by atoms with E-state index in [4.69, 9.17) is 4.74 Å². The van der Waals surface area contributed by atoms with E-state index in [-0.39, 0.29) is 11.2 Å². The number of Topliss-reactive ketones (excluding diaryl/α,β-unsaturated/α-hetero) is 1. The first-order chi connectivity index (χ1) is 13.3. The van der Waals surface area contributed by atoms with Crippen molar-refractivity contribution in [3.05, 3.63) is 77.4 Å². The van der Waals surface area contributed by atoms with E-state index in [1.54, 1.807) is 0 Å². The number of carbonyl (C=O) groups is 1. The molecule has 3 rings (SSSR count). The maximum absolute atomic E-state index is 12.8. The molecule has 0 fully saturated rings. The van der Waals surface area contributed by atoms with E-state index in [1.165, 1.54) is 10.9 Å². The Kier molecular flexibility index (Phi) is 6.18. The minimum Gasteiger partial charge on any atom is -0.493 e. The lowest BCUT2D eigenvalue weighted by Gasteiger charge is -2.24. The van der Waals surface area contributed by atoms with Gasteiger partial charge in [-0.1, -0.05) is 62.4 Å². The van der Waals surface area contributed by atoms with Crippen molar-refractivity contribution in [2.24, 2.45) is 5.41 Å². The molecule has 0 atom stereocenters. The van der Waals surface area contributed by atoms with E-state index in [1.807, 2.05) is 30.3 Å². The van der Waals surface area contributed by atoms with Gasteiger partial charge >= 0.3 is 0 Å². The average Bonchev–Trinajstić information content (AvgIpc) is 2.67. The molecule has 0 aromatic heterocycles. The molecule has 0 unspecified atom stereocenters. The standard InChI is InChI=1S/C26H30O2/c1-19-10-11-20(2)25(16-19)28-15-7-14-26(3,4)18-24(27)23-13-12-21-8-5-6-9-22(21)17-23/h5-6,8-13,16-17H,7,14-15,18H2,1-4H3. The van der Waals surface area contributed by atoms with Gasteiger partial charge in [-0.05, 0) is 66.1 Å². The molecule has 3 aromatic rings. The molecule has 0 spiro atoms. The van der Waals surface area contributed by atoms with Gasteiger partial charge in [-0.2, -0.15) is 0 Å². The lowest BCUT2D eigenvalue weighted by molar-refractivity contribution is 0.0921. The van der Waals surface area contributed by atoms with Crippen LogP contribution in [0, 0.1) is 19.3 Å². The summed E-state index contributed by atoms with van der Waals surface area (Å²) < 4.78 is 5.97. The molecule has 28 heavy (non-hydrogen) atoms. The Morgan fingerprint density at radius 3 is 2.46 bits per heavy atom. The molecule has 0 aliphatic rings. The first-order valence-corrected chi connectivity index (χ1v) is 10.1. The Balaban J connectivity index is 1.53. The van der Waals surface area contributed by atoms with Crippen LogP contribution in [0.1, 0.15) is 54.6 Å². The number of ether oxygens (including phenoxy) is 1. The summed E-state index contributed by atoms with van der Waals surface area (Å²) in [6.45, 7) is 9.17. The number of hydrogen-bond acceptors (Lipinski definition) is 2. The third-order valence-corrected chi connectivity index (χ3v) is 5.31. The number of carbonyl (C=O) groups excluding carboxylic acids is 1. The summed E-state index contributed by atoms with van der Waals surface area (Å²) >= 11 is 0. The van der Waals surface area contributed by atoms with E-state index < -0.39 is 0 Å². The zero-order valence-electron chi connectivity index (χ0n) is 17.4. The van der Waals surface area contributed by atoms with Gasteiger partial charge in [0.25, 0.3) is 0 Å². The van der Waals surface area contributed by atoms with Crippen molar-refractivity contribution in [3.8, 4) is 5.75 Å². The van der Waals surface area contributed by atoms with Crippen molar-refractivity contribution in [2.75, 3.05) is 6.61 Å². The van der Waals surface area contributed by atoms with E-state index in [2.05, 4.69) is 58.0 Å². The van der Waals surface area contributed by atoms with Crippen LogP contribution in [0.4, 0.5) is 0 Å². The quantitative estimate of drug-likeness (QED) is 0.316. The highest BCUT2D eigenvalue weighted by molar-refractivity contribution is 6.00. The number of rotatable bonds is 8. The van der Waals surface area contributed by atoms with Gasteiger partial charge in [0.1, 0.15) is 5.75 Å². The van der Waals surface area contributed by atoms with E-state index in [0.717, 1.165) is 35.1 Å². The minimum atomic E-state index is -0.0479. The Hall–Kier alpha value is -2.61.